The molecule has 160 valence electrons. The molecule has 2 aromatic heterocycles. The molecule has 2 N–H and O–H groups in total. The summed E-state index contributed by atoms with van der Waals surface area (Å²) < 4.78 is 78.1. The first kappa shape index (κ1) is 21.6. The Labute approximate surface area is 169 Å². The largest absolute Gasteiger partial charge is 0.481 e. The maximum absolute atomic E-state index is 14.5. The molecule has 8 nitrogen and oxygen atoms in total. The zero-order chi connectivity index (χ0) is 22.1. The molecule has 0 amide bonds. The number of pyridine rings is 2. The van der Waals surface area contributed by atoms with E-state index < -0.39 is 34.8 Å². The summed E-state index contributed by atoms with van der Waals surface area (Å²) in [5.41, 5.74) is 0.450. The van der Waals surface area contributed by atoms with Crippen molar-refractivity contribution in [1.29, 1.82) is 0 Å². The van der Waals surface area contributed by atoms with Crippen LogP contribution in [0.2, 0.25) is 0 Å². The molecule has 0 radical (unpaired) electrons. The number of rotatable bonds is 7. The van der Waals surface area contributed by atoms with Crippen LogP contribution in [-0.2, 0) is 10.0 Å². The van der Waals surface area contributed by atoms with E-state index in [9.17, 15) is 21.6 Å². The van der Waals surface area contributed by atoms with Crippen molar-refractivity contribution in [2.75, 3.05) is 20.8 Å². The smallest absolute Gasteiger partial charge is 0.272 e. The Morgan fingerprint density at radius 2 is 1.67 bits per heavy atom. The van der Waals surface area contributed by atoms with Crippen molar-refractivity contribution < 1.29 is 35.8 Å². The Kier molecular flexibility index (Phi) is 5.99. The fourth-order valence-electron chi connectivity index (χ4n) is 2.80. The molecule has 0 aliphatic rings. The lowest BCUT2D eigenvalue weighted by Gasteiger charge is -2.15. The topological polar surface area (TPSA) is 114 Å². The second-order valence-corrected chi connectivity index (χ2v) is 7.48. The van der Waals surface area contributed by atoms with Gasteiger partial charge in [-0.25, -0.2) is 31.7 Å². The summed E-state index contributed by atoms with van der Waals surface area (Å²) in [6.45, 7) is -1.05. The molecule has 0 atom stereocenters. The minimum Gasteiger partial charge on any atom is -0.481 e. The minimum absolute atomic E-state index is 0.0230. The number of ether oxygens (including phenoxy) is 3. The summed E-state index contributed by atoms with van der Waals surface area (Å²) in [6, 6.07) is 6.64. The van der Waals surface area contributed by atoms with Gasteiger partial charge in [0, 0.05) is 5.39 Å². The lowest BCUT2D eigenvalue weighted by Crippen LogP contribution is -2.13. The third-order valence-electron chi connectivity index (χ3n) is 4.02. The molecule has 1 aromatic carbocycles. The van der Waals surface area contributed by atoms with Crippen LogP contribution in [0, 0.1) is 5.82 Å². The Hall–Kier alpha value is -3.12. The van der Waals surface area contributed by atoms with Gasteiger partial charge in [-0.2, -0.15) is 4.98 Å². The Bertz CT molecular complexity index is 1210. The number of alkyl halides is 2. The number of primary sulfonamides is 1. The monoisotopic (exact) mass is 443 g/mol. The van der Waals surface area contributed by atoms with Gasteiger partial charge in [-0.15, -0.1) is 0 Å². The van der Waals surface area contributed by atoms with Gasteiger partial charge in [-0.1, -0.05) is 6.07 Å². The van der Waals surface area contributed by atoms with Crippen LogP contribution < -0.4 is 19.3 Å². The van der Waals surface area contributed by atoms with Crippen molar-refractivity contribution in [2.45, 2.75) is 11.3 Å². The van der Waals surface area contributed by atoms with E-state index in [2.05, 4.69) is 14.7 Å². The molecule has 0 bridgehead atoms. The predicted octanol–water partition coefficient (Wildman–Crippen LogP) is 2.74. The molecule has 0 spiro atoms. The van der Waals surface area contributed by atoms with E-state index in [0.29, 0.717) is 0 Å². The third-order valence-corrected chi connectivity index (χ3v) is 4.99. The lowest BCUT2D eigenvalue weighted by atomic mass is 10.1. The van der Waals surface area contributed by atoms with Crippen LogP contribution >= 0.6 is 0 Å². The van der Waals surface area contributed by atoms with E-state index >= 15 is 0 Å². The fraction of sp³-hybridized carbons (Fsp3) is 0.222. The quantitative estimate of drug-likeness (QED) is 0.597. The standard InChI is InChI=1S/C18H16F3N3O5S/c1-27-16-9(6-11-13(23-16)4-3-5-14(11)30(22,25)26)10-7-12(19)18(24-17(10)28-2)29-8-15(20)21/h3-7,15H,8H2,1-2H3,(H2,22,25,26). The predicted molar refractivity (Wildman–Crippen MR) is 101 cm³/mol. The maximum Gasteiger partial charge on any atom is 0.272 e. The van der Waals surface area contributed by atoms with E-state index in [4.69, 9.17) is 14.6 Å². The zero-order valence-corrected chi connectivity index (χ0v) is 16.5. The van der Waals surface area contributed by atoms with E-state index in [1.54, 1.807) is 6.07 Å². The molecule has 0 saturated carbocycles. The highest BCUT2D eigenvalue weighted by Crippen LogP contribution is 2.39. The number of sulfonamides is 1. The summed E-state index contributed by atoms with van der Waals surface area (Å²) in [7, 11) is -1.54. The number of methoxy groups -OCH3 is 2. The first-order valence-electron chi connectivity index (χ1n) is 8.32. The van der Waals surface area contributed by atoms with E-state index in [1.807, 2.05) is 0 Å². The van der Waals surface area contributed by atoms with Gasteiger partial charge in [-0.3, -0.25) is 0 Å². The highest BCUT2D eigenvalue weighted by Gasteiger charge is 2.22. The van der Waals surface area contributed by atoms with Gasteiger partial charge < -0.3 is 14.2 Å². The first-order chi connectivity index (χ1) is 14.2. The number of hydrogen-bond donors (Lipinski definition) is 1. The molecule has 0 saturated heterocycles. The average Bonchev–Trinajstić information content (AvgIpc) is 2.70. The number of hydrogen-bond acceptors (Lipinski definition) is 7. The molecule has 0 aliphatic heterocycles. The molecule has 0 unspecified atom stereocenters. The highest BCUT2D eigenvalue weighted by atomic mass is 32.2. The van der Waals surface area contributed by atoms with Crippen LogP contribution in [0.25, 0.3) is 22.0 Å². The van der Waals surface area contributed by atoms with Gasteiger partial charge in [0.1, 0.15) is 0 Å². The van der Waals surface area contributed by atoms with Gasteiger partial charge in [0.05, 0.1) is 35.8 Å². The van der Waals surface area contributed by atoms with Crippen molar-refractivity contribution in [3.8, 4) is 28.8 Å². The van der Waals surface area contributed by atoms with Gasteiger partial charge in [-0.05, 0) is 24.3 Å². The van der Waals surface area contributed by atoms with E-state index in [0.717, 1.165) is 6.07 Å². The SMILES string of the molecule is COc1nc(OCC(F)F)c(F)cc1-c1cc2c(S(N)(=O)=O)cccc2nc1OC. The van der Waals surface area contributed by atoms with Crippen molar-refractivity contribution in [3.05, 3.63) is 36.1 Å². The second-order valence-electron chi connectivity index (χ2n) is 5.95. The summed E-state index contributed by atoms with van der Waals surface area (Å²) in [5, 5.41) is 5.44. The molecule has 3 rings (SSSR count). The Balaban J connectivity index is 2.26. The molecular formula is C18H16F3N3O5S. The first-order valence-corrected chi connectivity index (χ1v) is 9.86. The maximum atomic E-state index is 14.5. The van der Waals surface area contributed by atoms with Crippen LogP contribution in [0.1, 0.15) is 0 Å². The van der Waals surface area contributed by atoms with Crippen LogP contribution in [-0.4, -0.2) is 45.6 Å². The third kappa shape index (κ3) is 4.24. The number of aromatic nitrogens is 2. The molecular weight excluding hydrogens is 427 g/mol. The van der Waals surface area contributed by atoms with Crippen LogP contribution in [0.3, 0.4) is 0 Å². The van der Waals surface area contributed by atoms with Crippen LogP contribution in [0.5, 0.6) is 17.6 Å². The number of fused-ring (bicyclic) bond motifs is 1. The Morgan fingerprint density at radius 1 is 1.03 bits per heavy atom. The summed E-state index contributed by atoms with van der Waals surface area (Å²) in [5.74, 6) is -1.86. The number of nitrogens with two attached hydrogens (primary N) is 1. The van der Waals surface area contributed by atoms with Crippen molar-refractivity contribution in [2.24, 2.45) is 5.14 Å². The fourth-order valence-corrected chi connectivity index (χ4v) is 3.53. The molecule has 0 fully saturated rings. The van der Waals surface area contributed by atoms with E-state index in [-0.39, 0.29) is 38.7 Å². The number of halogens is 3. The van der Waals surface area contributed by atoms with Gasteiger partial charge >= 0.3 is 0 Å². The molecule has 12 heteroatoms. The highest BCUT2D eigenvalue weighted by molar-refractivity contribution is 7.89. The number of nitrogens with zero attached hydrogens (tertiary/aromatic N) is 2. The van der Waals surface area contributed by atoms with Crippen molar-refractivity contribution in [1.82, 2.24) is 9.97 Å². The van der Waals surface area contributed by atoms with Crippen LogP contribution in [0.15, 0.2) is 35.2 Å². The summed E-state index contributed by atoms with van der Waals surface area (Å²) in [4.78, 5) is 7.85. The van der Waals surface area contributed by atoms with Gasteiger partial charge in [0.2, 0.25) is 21.8 Å². The van der Waals surface area contributed by atoms with Crippen LogP contribution in [0.4, 0.5) is 13.2 Å². The van der Waals surface area contributed by atoms with Gasteiger partial charge in [0.25, 0.3) is 12.3 Å². The molecule has 3 aromatic rings. The van der Waals surface area contributed by atoms with Gasteiger partial charge in [0.15, 0.2) is 12.4 Å². The summed E-state index contributed by atoms with van der Waals surface area (Å²) in [6.07, 6.45) is -2.82. The number of benzene rings is 1. The second kappa shape index (κ2) is 8.32. The van der Waals surface area contributed by atoms with Crippen molar-refractivity contribution >= 4 is 20.9 Å². The normalized spacial score (nSPS) is 11.7. The minimum atomic E-state index is -4.09. The average molecular weight is 443 g/mol. The summed E-state index contributed by atoms with van der Waals surface area (Å²) >= 11 is 0. The molecule has 30 heavy (non-hydrogen) atoms. The zero-order valence-electron chi connectivity index (χ0n) is 15.7. The lowest BCUT2D eigenvalue weighted by molar-refractivity contribution is 0.0770. The molecule has 0 aliphatic carbocycles. The Morgan fingerprint density at radius 3 is 2.27 bits per heavy atom. The van der Waals surface area contributed by atoms with Crippen molar-refractivity contribution in [3.63, 3.8) is 0 Å². The molecule has 2 heterocycles. The van der Waals surface area contributed by atoms with E-state index in [1.165, 1.54) is 32.4 Å².